The minimum Gasteiger partial charge on any atom is -0.292 e. The van der Waals surface area contributed by atoms with Crippen LogP contribution in [0.15, 0.2) is 62.8 Å². The standard InChI is InChI=1S/C23H15BrFN3O3S4/c24-15-5-1-13(2-6-15)12-18-21(31)28(23(33)35-18)26-19(29)9-10-27-20(30)17(34-22(27)32)11-14-3-7-16(25)8-4-14/h1-8,11-12H,9-10H2,(H,26,29)/b17-11-,18-12-. The summed E-state index contributed by atoms with van der Waals surface area (Å²) in [5.41, 5.74) is 3.99. The molecule has 4 rings (SSSR count). The van der Waals surface area contributed by atoms with Crippen LogP contribution in [0.5, 0.6) is 0 Å². The molecule has 0 radical (unpaired) electrons. The fourth-order valence-electron chi connectivity index (χ4n) is 3.07. The van der Waals surface area contributed by atoms with Crippen LogP contribution in [-0.4, -0.2) is 42.8 Å². The van der Waals surface area contributed by atoms with E-state index in [-0.39, 0.29) is 29.0 Å². The highest BCUT2D eigenvalue weighted by Crippen LogP contribution is 2.33. The molecular formula is C23H15BrFN3O3S4. The van der Waals surface area contributed by atoms with E-state index in [1.165, 1.54) is 17.0 Å². The van der Waals surface area contributed by atoms with Gasteiger partial charge in [-0.3, -0.25) is 24.7 Å². The summed E-state index contributed by atoms with van der Waals surface area (Å²) >= 11 is 16.1. The number of nitrogens with one attached hydrogen (secondary N) is 1. The molecule has 1 N–H and O–H groups in total. The fraction of sp³-hybridized carbons (Fsp3) is 0.0870. The van der Waals surface area contributed by atoms with Crippen molar-refractivity contribution in [3.63, 3.8) is 0 Å². The van der Waals surface area contributed by atoms with Crippen LogP contribution in [0.3, 0.4) is 0 Å². The van der Waals surface area contributed by atoms with Gasteiger partial charge in [0.05, 0.1) is 9.81 Å². The van der Waals surface area contributed by atoms with Gasteiger partial charge in [-0.15, -0.1) is 0 Å². The first-order valence-corrected chi connectivity index (χ1v) is 13.3. The van der Waals surface area contributed by atoms with Crippen LogP contribution < -0.4 is 5.43 Å². The molecular weight excluding hydrogens is 593 g/mol. The summed E-state index contributed by atoms with van der Waals surface area (Å²) in [5.74, 6) is -1.61. The van der Waals surface area contributed by atoms with Gasteiger partial charge in [0.25, 0.3) is 11.8 Å². The average molecular weight is 609 g/mol. The largest absolute Gasteiger partial charge is 0.292 e. The molecule has 0 aromatic heterocycles. The SMILES string of the molecule is O=C(CCN1C(=O)/C(=C/c2ccc(F)cc2)SC1=S)NN1C(=O)/C(=C/c2ccc(Br)cc2)SC1=S. The number of rotatable bonds is 6. The molecule has 6 nitrogen and oxygen atoms in total. The van der Waals surface area contributed by atoms with Gasteiger partial charge < -0.3 is 0 Å². The Labute approximate surface area is 228 Å². The van der Waals surface area contributed by atoms with E-state index < -0.39 is 11.8 Å². The van der Waals surface area contributed by atoms with Crippen molar-refractivity contribution in [3.05, 3.63) is 79.8 Å². The fourth-order valence-corrected chi connectivity index (χ4v) is 5.82. The second-order valence-corrected chi connectivity index (χ2v) is 11.5. The Morgan fingerprint density at radius 3 is 2.09 bits per heavy atom. The Kier molecular flexibility index (Phi) is 8.17. The van der Waals surface area contributed by atoms with Crippen LogP contribution in [-0.2, 0) is 14.4 Å². The maximum Gasteiger partial charge on any atom is 0.285 e. The van der Waals surface area contributed by atoms with Gasteiger partial charge in [-0.05, 0) is 59.8 Å². The third-order valence-corrected chi connectivity index (χ3v) is 8.01. The predicted octanol–water partition coefficient (Wildman–Crippen LogP) is 5.11. The van der Waals surface area contributed by atoms with E-state index >= 15 is 0 Å². The van der Waals surface area contributed by atoms with Crippen molar-refractivity contribution in [2.24, 2.45) is 0 Å². The monoisotopic (exact) mass is 607 g/mol. The lowest BCUT2D eigenvalue weighted by atomic mass is 10.2. The van der Waals surface area contributed by atoms with E-state index in [0.717, 1.165) is 38.6 Å². The number of hydrogen-bond acceptors (Lipinski definition) is 7. The molecule has 0 atom stereocenters. The second kappa shape index (κ2) is 11.1. The Hall–Kier alpha value is -2.38. The highest BCUT2D eigenvalue weighted by Gasteiger charge is 2.35. The van der Waals surface area contributed by atoms with Gasteiger partial charge in [0.1, 0.15) is 10.1 Å². The lowest BCUT2D eigenvalue weighted by Crippen LogP contribution is -2.46. The van der Waals surface area contributed by atoms with Crippen LogP contribution in [0.1, 0.15) is 17.5 Å². The number of amides is 3. The van der Waals surface area contributed by atoms with Crippen LogP contribution in [0, 0.1) is 5.82 Å². The first-order chi connectivity index (χ1) is 16.7. The van der Waals surface area contributed by atoms with E-state index in [4.69, 9.17) is 24.4 Å². The van der Waals surface area contributed by atoms with Gasteiger partial charge >= 0.3 is 0 Å². The number of carbonyl (C=O) groups is 3. The van der Waals surface area contributed by atoms with Gasteiger partial charge in [-0.1, -0.05) is 75.9 Å². The van der Waals surface area contributed by atoms with Gasteiger partial charge in [0.15, 0.2) is 4.32 Å². The van der Waals surface area contributed by atoms with Crippen molar-refractivity contribution in [2.45, 2.75) is 6.42 Å². The van der Waals surface area contributed by atoms with E-state index in [0.29, 0.717) is 19.7 Å². The number of hydrazine groups is 1. The lowest BCUT2D eigenvalue weighted by molar-refractivity contribution is -0.133. The highest BCUT2D eigenvalue weighted by atomic mass is 79.9. The zero-order valence-corrected chi connectivity index (χ0v) is 22.5. The zero-order chi connectivity index (χ0) is 25.1. The second-order valence-electron chi connectivity index (χ2n) is 7.24. The van der Waals surface area contributed by atoms with Crippen LogP contribution in [0.25, 0.3) is 12.2 Å². The summed E-state index contributed by atoms with van der Waals surface area (Å²) in [6, 6.07) is 13.1. The average Bonchev–Trinajstić information content (AvgIpc) is 3.24. The Morgan fingerprint density at radius 2 is 1.46 bits per heavy atom. The number of hydrogen-bond donors (Lipinski definition) is 1. The van der Waals surface area contributed by atoms with Crippen molar-refractivity contribution in [3.8, 4) is 0 Å². The molecule has 35 heavy (non-hydrogen) atoms. The molecule has 2 saturated heterocycles. The molecule has 2 aromatic carbocycles. The van der Waals surface area contributed by atoms with E-state index in [1.807, 2.05) is 24.3 Å². The molecule has 2 aromatic rings. The number of thioether (sulfide) groups is 2. The van der Waals surface area contributed by atoms with Gasteiger partial charge in [0, 0.05) is 17.4 Å². The van der Waals surface area contributed by atoms with Crippen LogP contribution in [0.2, 0.25) is 0 Å². The van der Waals surface area contributed by atoms with Crippen LogP contribution in [0.4, 0.5) is 4.39 Å². The maximum absolute atomic E-state index is 13.1. The van der Waals surface area contributed by atoms with Crippen molar-refractivity contribution >= 4 is 102 Å². The van der Waals surface area contributed by atoms with E-state index in [2.05, 4.69) is 21.4 Å². The minimum absolute atomic E-state index is 0.0424. The van der Waals surface area contributed by atoms with Crippen molar-refractivity contribution in [1.82, 2.24) is 15.3 Å². The lowest BCUT2D eigenvalue weighted by Gasteiger charge is -2.18. The maximum atomic E-state index is 13.1. The summed E-state index contributed by atoms with van der Waals surface area (Å²) in [6.45, 7) is 0.0424. The molecule has 3 amide bonds. The highest BCUT2D eigenvalue weighted by molar-refractivity contribution is 9.10. The number of halogens is 2. The summed E-state index contributed by atoms with van der Waals surface area (Å²) < 4.78 is 14.6. The quantitative estimate of drug-likeness (QED) is 0.361. The van der Waals surface area contributed by atoms with Gasteiger partial charge in [0.2, 0.25) is 5.91 Å². The van der Waals surface area contributed by atoms with Crippen molar-refractivity contribution in [2.75, 3.05) is 6.54 Å². The molecule has 2 fully saturated rings. The Morgan fingerprint density at radius 1 is 0.914 bits per heavy atom. The molecule has 2 heterocycles. The van der Waals surface area contributed by atoms with Gasteiger partial charge in [-0.25, -0.2) is 4.39 Å². The van der Waals surface area contributed by atoms with Crippen molar-refractivity contribution < 1.29 is 18.8 Å². The first kappa shape index (κ1) is 25.7. The number of nitrogens with zero attached hydrogens (tertiary/aromatic N) is 2. The minimum atomic E-state index is -0.484. The molecule has 2 aliphatic rings. The molecule has 2 aliphatic heterocycles. The summed E-state index contributed by atoms with van der Waals surface area (Å²) in [7, 11) is 0. The van der Waals surface area contributed by atoms with Crippen LogP contribution >= 0.6 is 63.9 Å². The molecule has 0 bridgehead atoms. The van der Waals surface area contributed by atoms with Crippen molar-refractivity contribution in [1.29, 1.82) is 0 Å². The number of benzene rings is 2. The van der Waals surface area contributed by atoms with E-state index in [1.54, 1.807) is 24.3 Å². The predicted molar refractivity (Wildman–Crippen MR) is 148 cm³/mol. The third-order valence-electron chi connectivity index (χ3n) is 4.80. The van der Waals surface area contributed by atoms with E-state index in [9.17, 15) is 18.8 Å². The van der Waals surface area contributed by atoms with Gasteiger partial charge in [-0.2, -0.15) is 5.01 Å². The normalized spacial score (nSPS) is 18.3. The molecule has 0 aliphatic carbocycles. The molecule has 0 saturated carbocycles. The molecule has 178 valence electrons. The number of thiocarbonyl (C=S) groups is 2. The Bertz CT molecular complexity index is 1300. The summed E-state index contributed by atoms with van der Waals surface area (Å²) in [4.78, 5) is 40.1. The molecule has 12 heteroatoms. The smallest absolute Gasteiger partial charge is 0.285 e. The molecule has 0 unspecified atom stereocenters. The number of carbonyl (C=O) groups excluding carboxylic acids is 3. The zero-order valence-electron chi connectivity index (χ0n) is 17.7. The topological polar surface area (TPSA) is 69.7 Å². The summed E-state index contributed by atoms with van der Waals surface area (Å²) in [6.07, 6.45) is 3.24. The third kappa shape index (κ3) is 6.25. The molecule has 0 spiro atoms. The summed E-state index contributed by atoms with van der Waals surface area (Å²) in [5, 5.41) is 1.03. The first-order valence-electron chi connectivity index (χ1n) is 10.1. The Balaban J connectivity index is 1.35.